The average molecular weight is 310 g/mol. The highest BCUT2D eigenvalue weighted by Gasteiger charge is 2.19. The lowest BCUT2D eigenvalue weighted by molar-refractivity contribution is -0.131. The van der Waals surface area contributed by atoms with Gasteiger partial charge in [-0.05, 0) is 33.9 Å². The molecule has 120 valence electrons. The standard InChI is InChI=1S/C20H22O3/c1-5-20(3,4)13-17(22)10-16-12-18(23-14(2)21)11-15-8-6-7-9-19(15)16/h5-9,11-12H,1,10,13H2,2-4H3. The van der Waals surface area contributed by atoms with E-state index < -0.39 is 0 Å². The van der Waals surface area contributed by atoms with Crippen LogP contribution in [0.1, 0.15) is 32.8 Å². The third-order valence-electron chi connectivity index (χ3n) is 3.78. The molecule has 0 unspecified atom stereocenters. The summed E-state index contributed by atoms with van der Waals surface area (Å²) in [5, 5.41) is 1.96. The molecule has 23 heavy (non-hydrogen) atoms. The summed E-state index contributed by atoms with van der Waals surface area (Å²) in [6.45, 7) is 9.13. The van der Waals surface area contributed by atoms with Crippen molar-refractivity contribution in [2.24, 2.45) is 5.41 Å². The van der Waals surface area contributed by atoms with E-state index in [4.69, 9.17) is 4.74 Å². The van der Waals surface area contributed by atoms with E-state index in [1.807, 2.05) is 44.2 Å². The Morgan fingerprint density at radius 3 is 2.57 bits per heavy atom. The van der Waals surface area contributed by atoms with Crippen LogP contribution < -0.4 is 4.74 Å². The van der Waals surface area contributed by atoms with Gasteiger partial charge >= 0.3 is 5.97 Å². The van der Waals surface area contributed by atoms with E-state index in [9.17, 15) is 9.59 Å². The summed E-state index contributed by atoms with van der Waals surface area (Å²) in [6, 6.07) is 11.4. The van der Waals surface area contributed by atoms with Crippen molar-refractivity contribution < 1.29 is 14.3 Å². The topological polar surface area (TPSA) is 43.4 Å². The molecule has 0 aliphatic rings. The van der Waals surface area contributed by atoms with Gasteiger partial charge in [-0.1, -0.05) is 44.2 Å². The first-order valence-corrected chi connectivity index (χ1v) is 7.66. The number of fused-ring (bicyclic) bond motifs is 1. The van der Waals surface area contributed by atoms with E-state index in [-0.39, 0.29) is 17.2 Å². The van der Waals surface area contributed by atoms with Gasteiger partial charge in [0.1, 0.15) is 11.5 Å². The van der Waals surface area contributed by atoms with Crippen molar-refractivity contribution in [3.8, 4) is 5.75 Å². The number of allylic oxidation sites excluding steroid dienone is 1. The van der Waals surface area contributed by atoms with Crippen molar-refractivity contribution in [3.63, 3.8) is 0 Å². The molecule has 0 aliphatic carbocycles. The normalized spacial score (nSPS) is 11.3. The number of ether oxygens (including phenoxy) is 1. The summed E-state index contributed by atoms with van der Waals surface area (Å²) in [4.78, 5) is 23.6. The molecule has 0 radical (unpaired) electrons. The summed E-state index contributed by atoms with van der Waals surface area (Å²) in [6.07, 6.45) is 2.55. The van der Waals surface area contributed by atoms with Crippen LogP contribution in [-0.2, 0) is 16.0 Å². The number of ketones is 1. The van der Waals surface area contributed by atoms with Crippen LogP contribution in [0.4, 0.5) is 0 Å². The molecule has 2 aromatic carbocycles. The summed E-state index contributed by atoms with van der Waals surface area (Å²) < 4.78 is 5.20. The highest BCUT2D eigenvalue weighted by atomic mass is 16.5. The van der Waals surface area contributed by atoms with Gasteiger partial charge in [0.05, 0.1) is 0 Å². The first-order valence-electron chi connectivity index (χ1n) is 7.66. The molecule has 2 aromatic rings. The summed E-state index contributed by atoms with van der Waals surface area (Å²) in [5.41, 5.74) is 0.657. The van der Waals surface area contributed by atoms with Gasteiger partial charge in [0.15, 0.2) is 0 Å². The Balaban J connectivity index is 2.36. The number of esters is 1. The molecule has 0 N–H and O–H groups in total. The molecule has 3 nitrogen and oxygen atoms in total. The van der Waals surface area contributed by atoms with Crippen molar-refractivity contribution in [1.82, 2.24) is 0 Å². The summed E-state index contributed by atoms with van der Waals surface area (Å²) in [7, 11) is 0. The lowest BCUT2D eigenvalue weighted by atomic mass is 9.85. The monoisotopic (exact) mass is 310 g/mol. The number of rotatable bonds is 6. The second kappa shape index (κ2) is 6.78. The van der Waals surface area contributed by atoms with Crippen LogP contribution in [-0.4, -0.2) is 11.8 Å². The zero-order chi connectivity index (χ0) is 17.0. The zero-order valence-corrected chi connectivity index (χ0v) is 13.9. The smallest absolute Gasteiger partial charge is 0.308 e. The lowest BCUT2D eigenvalue weighted by Crippen LogP contribution is -2.16. The Hall–Kier alpha value is -2.42. The van der Waals surface area contributed by atoms with Crippen molar-refractivity contribution in [1.29, 1.82) is 0 Å². The van der Waals surface area contributed by atoms with Crippen LogP contribution >= 0.6 is 0 Å². The van der Waals surface area contributed by atoms with E-state index in [2.05, 4.69) is 6.58 Å². The maximum Gasteiger partial charge on any atom is 0.308 e. The number of carbonyl (C=O) groups excluding carboxylic acids is 2. The van der Waals surface area contributed by atoms with Crippen LogP contribution in [0.3, 0.4) is 0 Å². The molecule has 0 fully saturated rings. The minimum Gasteiger partial charge on any atom is -0.427 e. The van der Waals surface area contributed by atoms with Crippen molar-refractivity contribution in [3.05, 3.63) is 54.6 Å². The number of hydrogen-bond acceptors (Lipinski definition) is 3. The quantitative estimate of drug-likeness (QED) is 0.449. The molecule has 0 saturated heterocycles. The predicted octanol–water partition coefficient (Wildman–Crippen LogP) is 4.48. The minimum atomic E-state index is -0.370. The van der Waals surface area contributed by atoms with Crippen LogP contribution in [0.2, 0.25) is 0 Å². The van der Waals surface area contributed by atoms with E-state index in [0.717, 1.165) is 16.3 Å². The molecule has 0 saturated carbocycles. The van der Waals surface area contributed by atoms with Crippen molar-refractivity contribution in [2.45, 2.75) is 33.6 Å². The van der Waals surface area contributed by atoms with Gasteiger partial charge < -0.3 is 4.74 Å². The number of Topliss-reactive ketones (excluding diaryl/α,β-unsaturated/α-hetero) is 1. The van der Waals surface area contributed by atoms with Gasteiger partial charge in [0, 0.05) is 19.8 Å². The van der Waals surface area contributed by atoms with Crippen molar-refractivity contribution in [2.75, 3.05) is 0 Å². The van der Waals surface area contributed by atoms with Gasteiger partial charge in [-0.15, -0.1) is 6.58 Å². The Morgan fingerprint density at radius 2 is 1.91 bits per heavy atom. The molecule has 0 aliphatic heterocycles. The molecule has 0 amide bonds. The highest BCUT2D eigenvalue weighted by molar-refractivity contribution is 5.92. The molecule has 0 atom stereocenters. The summed E-state index contributed by atoms with van der Waals surface area (Å²) >= 11 is 0. The van der Waals surface area contributed by atoms with Gasteiger partial charge in [0.2, 0.25) is 0 Å². The lowest BCUT2D eigenvalue weighted by Gasteiger charge is -2.18. The fourth-order valence-electron chi connectivity index (χ4n) is 2.59. The van der Waals surface area contributed by atoms with Crippen LogP contribution in [0.25, 0.3) is 10.8 Å². The molecule has 0 spiro atoms. The van der Waals surface area contributed by atoms with Gasteiger partial charge in [-0.3, -0.25) is 9.59 Å². The van der Waals surface area contributed by atoms with E-state index in [1.54, 1.807) is 12.1 Å². The fraction of sp³-hybridized carbons (Fsp3) is 0.300. The maximum absolute atomic E-state index is 12.4. The first kappa shape index (κ1) is 16.9. The van der Waals surface area contributed by atoms with E-state index >= 15 is 0 Å². The predicted molar refractivity (Wildman–Crippen MR) is 92.6 cm³/mol. The largest absolute Gasteiger partial charge is 0.427 e. The number of carbonyl (C=O) groups is 2. The van der Waals surface area contributed by atoms with Gasteiger partial charge in [-0.25, -0.2) is 0 Å². The van der Waals surface area contributed by atoms with Gasteiger partial charge in [-0.2, -0.15) is 0 Å². The molecule has 0 bridgehead atoms. The second-order valence-electron chi connectivity index (χ2n) is 6.48. The van der Waals surface area contributed by atoms with Gasteiger partial charge in [0.25, 0.3) is 0 Å². The summed E-state index contributed by atoms with van der Waals surface area (Å²) in [5.74, 6) is 0.243. The number of hydrogen-bond donors (Lipinski definition) is 0. The molecule has 0 heterocycles. The molecular weight excluding hydrogens is 288 g/mol. The Kier molecular flexibility index (Phi) is 4.99. The highest BCUT2D eigenvalue weighted by Crippen LogP contribution is 2.28. The third-order valence-corrected chi connectivity index (χ3v) is 3.78. The third kappa shape index (κ3) is 4.52. The molecule has 0 aromatic heterocycles. The first-order chi connectivity index (χ1) is 10.8. The second-order valence-corrected chi connectivity index (χ2v) is 6.48. The minimum absolute atomic E-state index is 0.139. The molecular formula is C20H22O3. The SMILES string of the molecule is C=CC(C)(C)CC(=O)Cc1cc(OC(C)=O)cc2ccccc12. The van der Waals surface area contributed by atoms with E-state index in [0.29, 0.717) is 18.6 Å². The fourth-order valence-corrected chi connectivity index (χ4v) is 2.59. The Bertz CT molecular complexity index is 757. The maximum atomic E-state index is 12.4. The van der Waals surface area contributed by atoms with Crippen LogP contribution in [0.15, 0.2) is 49.1 Å². The Morgan fingerprint density at radius 1 is 1.22 bits per heavy atom. The van der Waals surface area contributed by atoms with Crippen LogP contribution in [0, 0.1) is 5.41 Å². The van der Waals surface area contributed by atoms with E-state index in [1.165, 1.54) is 6.92 Å². The number of benzene rings is 2. The zero-order valence-electron chi connectivity index (χ0n) is 13.9. The molecule has 2 rings (SSSR count). The van der Waals surface area contributed by atoms with Crippen molar-refractivity contribution >= 4 is 22.5 Å². The van der Waals surface area contributed by atoms with Crippen LogP contribution in [0.5, 0.6) is 5.75 Å². The molecule has 3 heteroatoms. The Labute approximate surface area is 137 Å². The average Bonchev–Trinajstić information content (AvgIpc) is 2.46.